The third kappa shape index (κ3) is 6.42. The number of morpholine rings is 1. The molecule has 0 unspecified atom stereocenters. The first-order chi connectivity index (χ1) is 23.7. The van der Waals surface area contributed by atoms with Crippen LogP contribution in [-0.4, -0.2) is 104 Å². The lowest BCUT2D eigenvalue weighted by atomic mass is 9.77. The Morgan fingerprint density at radius 3 is 2.56 bits per heavy atom. The third-order valence-corrected chi connectivity index (χ3v) is 11.4. The number of hydrogen-bond donors (Lipinski definition) is 0. The molecule has 11 nitrogen and oxygen atoms in total. The van der Waals surface area contributed by atoms with Gasteiger partial charge in [0.25, 0.3) is 0 Å². The van der Waals surface area contributed by atoms with Crippen molar-refractivity contribution in [2.45, 2.75) is 91.7 Å². The zero-order valence-electron chi connectivity index (χ0n) is 31.3. The lowest BCUT2D eigenvalue weighted by molar-refractivity contribution is -0.143. The van der Waals surface area contributed by atoms with Gasteiger partial charge in [-0.05, 0) is 64.2 Å². The van der Waals surface area contributed by atoms with Gasteiger partial charge in [0.2, 0.25) is 0 Å². The molecule has 1 aromatic carbocycles. The Morgan fingerprint density at radius 2 is 1.84 bits per heavy atom. The number of hydrogen-bond acceptors (Lipinski definition) is 10. The third-order valence-electron chi connectivity index (χ3n) is 11.4. The van der Waals surface area contributed by atoms with Crippen LogP contribution in [0.3, 0.4) is 0 Å². The summed E-state index contributed by atoms with van der Waals surface area (Å²) in [5, 5.41) is 1.08. The van der Waals surface area contributed by atoms with Crippen molar-refractivity contribution in [2.75, 3.05) is 64.6 Å². The molecule has 3 saturated heterocycles. The van der Waals surface area contributed by atoms with Crippen LogP contribution < -0.4 is 15.1 Å². The highest BCUT2D eigenvalue weighted by Gasteiger charge is 2.52. The van der Waals surface area contributed by atoms with E-state index in [-0.39, 0.29) is 17.5 Å². The van der Waals surface area contributed by atoms with Crippen molar-refractivity contribution in [2.24, 2.45) is 5.41 Å². The summed E-state index contributed by atoms with van der Waals surface area (Å²) in [5.74, 6) is 0.525. The van der Waals surface area contributed by atoms with Crippen molar-refractivity contribution in [1.29, 1.82) is 0 Å². The van der Waals surface area contributed by atoms with E-state index < -0.39 is 18.3 Å². The van der Waals surface area contributed by atoms with E-state index in [1.54, 1.807) is 7.11 Å². The number of carbonyl (C=O) groups excluding carboxylic acids is 1. The zero-order chi connectivity index (χ0) is 35.6. The number of benzene rings is 1. The Morgan fingerprint density at radius 1 is 1.08 bits per heavy atom. The molecule has 12 heteroatoms. The molecule has 0 bridgehead atoms. The Hall–Kier alpha value is -3.16. The van der Waals surface area contributed by atoms with Gasteiger partial charge in [-0.3, -0.25) is 14.7 Å². The van der Waals surface area contributed by atoms with Gasteiger partial charge in [0.1, 0.15) is 12.4 Å². The molecule has 4 aliphatic heterocycles. The maximum Gasteiger partial charge on any atom is 0.494 e. The topological polar surface area (TPSA) is 96.8 Å². The predicted octanol–water partition coefficient (Wildman–Crippen LogP) is 4.75. The number of nitrogens with zero attached hydrogens (tertiary/aromatic N) is 4. The normalized spacial score (nSPS) is 22.4. The van der Waals surface area contributed by atoms with Gasteiger partial charge in [-0.25, -0.2) is 0 Å². The number of methoxy groups -OCH3 is 1. The second-order valence-electron chi connectivity index (χ2n) is 16.2. The van der Waals surface area contributed by atoms with E-state index in [1.807, 2.05) is 6.20 Å². The maximum absolute atomic E-state index is 12.0. The summed E-state index contributed by atoms with van der Waals surface area (Å²) < 4.78 is 39.3. The van der Waals surface area contributed by atoms with Crippen LogP contribution in [0.1, 0.15) is 72.8 Å². The van der Waals surface area contributed by atoms with Crippen molar-refractivity contribution in [1.82, 2.24) is 14.5 Å². The van der Waals surface area contributed by atoms with Crippen molar-refractivity contribution >= 4 is 35.1 Å². The molecule has 0 N–H and O–H groups in total. The summed E-state index contributed by atoms with van der Waals surface area (Å²) in [4.78, 5) is 22.1. The van der Waals surface area contributed by atoms with E-state index in [1.165, 1.54) is 6.92 Å². The standard InChI is InChI=1S/C38H53BN4O7/c1-24(45-9)33-30(18-27(20-40-33)42-11-10-41-12-14-46-22-28(41)21-42)34-31(19-36(3,4)23-48-25(2)44)29-16-26(17-32-35(29)43(34)13-15-47-32)39-49-37(5,6)38(7,8)50-39/h16-18,20,24,28H,10-15,19,21-23H2,1-9H3/t24-,28-/m0/s1. The molecule has 7 rings (SSSR count). The molecule has 0 spiro atoms. The van der Waals surface area contributed by atoms with Gasteiger partial charge >= 0.3 is 13.1 Å². The molecule has 0 saturated carbocycles. The van der Waals surface area contributed by atoms with Crippen LogP contribution in [0.4, 0.5) is 5.69 Å². The quantitative estimate of drug-likeness (QED) is 0.232. The summed E-state index contributed by atoms with van der Waals surface area (Å²) in [6.07, 6.45) is 2.41. The number of pyridine rings is 1. The van der Waals surface area contributed by atoms with Gasteiger partial charge in [-0.1, -0.05) is 19.9 Å². The van der Waals surface area contributed by atoms with Gasteiger partial charge in [0, 0.05) is 56.6 Å². The highest BCUT2D eigenvalue weighted by molar-refractivity contribution is 6.62. The minimum Gasteiger partial charge on any atom is -0.490 e. The van der Waals surface area contributed by atoms with E-state index in [0.29, 0.717) is 32.2 Å². The molecule has 4 aliphatic rings. The highest BCUT2D eigenvalue weighted by Crippen LogP contribution is 2.45. The second kappa shape index (κ2) is 13.1. The number of rotatable bonds is 9. The fraction of sp³-hybridized carbons (Fsp3) is 0.632. The Labute approximate surface area is 296 Å². The molecule has 2 atom stereocenters. The lowest BCUT2D eigenvalue weighted by Gasteiger charge is -2.44. The van der Waals surface area contributed by atoms with Gasteiger partial charge in [-0.2, -0.15) is 0 Å². The molecular formula is C38H53BN4O7. The highest BCUT2D eigenvalue weighted by atomic mass is 16.7. The number of anilines is 1. The van der Waals surface area contributed by atoms with E-state index in [4.69, 9.17) is 33.2 Å². The molecule has 50 heavy (non-hydrogen) atoms. The minimum absolute atomic E-state index is 0.241. The largest absolute Gasteiger partial charge is 0.494 e. The lowest BCUT2D eigenvalue weighted by Crippen LogP contribution is -2.58. The van der Waals surface area contributed by atoms with Crippen molar-refractivity contribution in [3.63, 3.8) is 0 Å². The first-order valence-electron chi connectivity index (χ1n) is 18.1. The molecular weight excluding hydrogens is 635 g/mol. The molecule has 3 fully saturated rings. The molecule has 2 aromatic heterocycles. The average Bonchev–Trinajstić information content (AvgIpc) is 3.51. The fourth-order valence-corrected chi connectivity index (χ4v) is 7.79. The van der Waals surface area contributed by atoms with Crippen LogP contribution in [0.5, 0.6) is 5.75 Å². The predicted molar refractivity (Wildman–Crippen MR) is 194 cm³/mol. The average molecular weight is 689 g/mol. The van der Waals surface area contributed by atoms with E-state index in [2.05, 4.69) is 81.0 Å². The van der Waals surface area contributed by atoms with Crippen LogP contribution >= 0.6 is 0 Å². The van der Waals surface area contributed by atoms with Crippen LogP contribution in [0, 0.1) is 5.41 Å². The number of carbonyl (C=O) groups is 1. The monoisotopic (exact) mass is 688 g/mol. The van der Waals surface area contributed by atoms with Crippen LogP contribution in [0.2, 0.25) is 0 Å². The van der Waals surface area contributed by atoms with Gasteiger partial charge in [-0.15, -0.1) is 0 Å². The molecule has 6 heterocycles. The van der Waals surface area contributed by atoms with Crippen molar-refractivity contribution in [3.8, 4) is 17.0 Å². The number of fused-ring (bicyclic) bond motifs is 1. The molecule has 0 radical (unpaired) electrons. The number of aromatic nitrogens is 2. The summed E-state index contributed by atoms with van der Waals surface area (Å²) in [6.45, 7) is 23.0. The Balaban J connectivity index is 1.41. The molecule has 3 aromatic rings. The second-order valence-corrected chi connectivity index (χ2v) is 16.2. The minimum atomic E-state index is -0.545. The summed E-state index contributed by atoms with van der Waals surface area (Å²) in [5.41, 5.74) is 5.88. The molecule has 0 aliphatic carbocycles. The molecule has 0 amide bonds. The first-order valence-corrected chi connectivity index (χ1v) is 18.1. The summed E-state index contributed by atoms with van der Waals surface area (Å²) >= 11 is 0. The van der Waals surface area contributed by atoms with Gasteiger partial charge in [0.05, 0.1) is 78.5 Å². The SMILES string of the molecule is CO[C@@H](C)c1ncc(N2CCN3CCOC[C@@H]3C2)cc1-c1c(CC(C)(C)COC(C)=O)c2cc(B3OC(C)(C)C(C)(C)O3)cc3c2n1CCO3. The fourth-order valence-electron chi connectivity index (χ4n) is 7.79. The summed E-state index contributed by atoms with van der Waals surface area (Å²) in [6, 6.07) is 6.96. The van der Waals surface area contributed by atoms with Crippen molar-refractivity contribution < 1.29 is 33.1 Å². The van der Waals surface area contributed by atoms with E-state index in [0.717, 1.165) is 89.7 Å². The van der Waals surface area contributed by atoms with Crippen LogP contribution in [0.15, 0.2) is 24.4 Å². The van der Waals surface area contributed by atoms with Crippen molar-refractivity contribution in [3.05, 3.63) is 35.7 Å². The zero-order valence-corrected chi connectivity index (χ0v) is 31.3. The number of piperazine rings is 1. The summed E-state index contributed by atoms with van der Waals surface area (Å²) in [7, 11) is 1.19. The van der Waals surface area contributed by atoms with E-state index in [9.17, 15) is 4.79 Å². The first kappa shape index (κ1) is 35.3. The smallest absolute Gasteiger partial charge is 0.490 e. The van der Waals surface area contributed by atoms with Crippen LogP contribution in [0.25, 0.3) is 22.2 Å². The number of esters is 1. The van der Waals surface area contributed by atoms with Crippen LogP contribution in [-0.2, 0) is 41.3 Å². The number of ether oxygens (including phenoxy) is 4. The van der Waals surface area contributed by atoms with E-state index >= 15 is 0 Å². The van der Waals surface area contributed by atoms with Gasteiger partial charge in [0.15, 0.2) is 0 Å². The van der Waals surface area contributed by atoms with Gasteiger partial charge < -0.3 is 37.7 Å². The molecule has 270 valence electrons. The Kier molecular flexibility index (Phi) is 9.25. The maximum atomic E-state index is 12.0. The Bertz CT molecular complexity index is 1760.